The molecule has 0 aliphatic heterocycles. The molecule has 0 radical (unpaired) electrons. The summed E-state index contributed by atoms with van der Waals surface area (Å²) in [6, 6.07) is 0. The number of halogens is 1. The molecule has 0 saturated carbocycles. The number of hydrogen-bond donors (Lipinski definition) is 1. The minimum absolute atomic E-state index is 0.215. The first-order valence-electron chi connectivity index (χ1n) is 2.75. The summed E-state index contributed by atoms with van der Waals surface area (Å²) in [5.41, 5.74) is 0. The van der Waals surface area contributed by atoms with Crippen molar-refractivity contribution < 1.29 is 14.3 Å². The Morgan fingerprint density at radius 3 is 2.67 bits per heavy atom. The molecule has 0 amide bonds. The third kappa shape index (κ3) is 5.00. The Balaban J connectivity index is 3.69. The van der Waals surface area contributed by atoms with E-state index in [9.17, 15) is 9.18 Å². The molecule has 3 heteroatoms. The van der Waals surface area contributed by atoms with Crippen LogP contribution in [0, 0.1) is 0 Å². The molecule has 0 atom stereocenters. The van der Waals surface area contributed by atoms with E-state index in [1.807, 2.05) is 0 Å². The molecule has 52 valence electrons. The predicted octanol–water partition coefficient (Wildman–Crippen LogP) is 1.72. The van der Waals surface area contributed by atoms with Crippen LogP contribution in [0.4, 0.5) is 4.39 Å². The molecule has 0 aromatic carbocycles. The van der Waals surface area contributed by atoms with Crippen LogP contribution >= 0.6 is 0 Å². The van der Waals surface area contributed by atoms with Gasteiger partial charge in [-0.05, 0) is 12.8 Å². The van der Waals surface area contributed by atoms with Crippen molar-refractivity contribution in [2.45, 2.75) is 19.8 Å². The monoisotopic (exact) mass is 132 g/mol. The van der Waals surface area contributed by atoms with E-state index in [1.165, 1.54) is 0 Å². The second-order valence-electron chi connectivity index (χ2n) is 1.68. The van der Waals surface area contributed by atoms with E-state index in [2.05, 4.69) is 0 Å². The first-order chi connectivity index (χ1) is 4.16. The van der Waals surface area contributed by atoms with Gasteiger partial charge < -0.3 is 5.11 Å². The summed E-state index contributed by atoms with van der Waals surface area (Å²) < 4.78 is 12.1. The Kier molecular flexibility index (Phi) is 3.67. The van der Waals surface area contributed by atoms with Gasteiger partial charge in [-0.25, -0.2) is 9.18 Å². The molecule has 0 fully saturated rings. The summed E-state index contributed by atoms with van der Waals surface area (Å²) in [7, 11) is 0. The van der Waals surface area contributed by atoms with Gasteiger partial charge in [-0.15, -0.1) is 0 Å². The van der Waals surface area contributed by atoms with Crippen LogP contribution < -0.4 is 0 Å². The molecular formula is C6H9FO2. The van der Waals surface area contributed by atoms with Crippen LogP contribution in [0.3, 0.4) is 0 Å². The Morgan fingerprint density at radius 1 is 1.78 bits per heavy atom. The van der Waals surface area contributed by atoms with Gasteiger partial charge in [0.15, 0.2) is 0 Å². The van der Waals surface area contributed by atoms with Crippen molar-refractivity contribution in [1.29, 1.82) is 0 Å². The molecule has 0 aromatic rings. The fourth-order valence-electron chi connectivity index (χ4n) is 0.445. The van der Waals surface area contributed by atoms with Crippen molar-refractivity contribution >= 4 is 5.97 Å². The fourth-order valence-corrected chi connectivity index (χ4v) is 0.445. The van der Waals surface area contributed by atoms with E-state index in [0.717, 1.165) is 0 Å². The van der Waals surface area contributed by atoms with Gasteiger partial charge in [0.2, 0.25) is 0 Å². The van der Waals surface area contributed by atoms with Crippen LogP contribution in [-0.4, -0.2) is 11.1 Å². The normalized spacial score (nSPS) is 11.6. The highest BCUT2D eigenvalue weighted by Crippen LogP contribution is 2.04. The summed E-state index contributed by atoms with van der Waals surface area (Å²) in [5.74, 6) is -1.79. The fraction of sp³-hybridized carbons (Fsp3) is 0.500. The Labute approximate surface area is 53.0 Å². The number of rotatable bonds is 3. The molecule has 0 rings (SSSR count). The van der Waals surface area contributed by atoms with Crippen molar-refractivity contribution in [3.8, 4) is 0 Å². The van der Waals surface area contributed by atoms with E-state index < -0.39 is 11.8 Å². The molecule has 2 nitrogen and oxygen atoms in total. The summed E-state index contributed by atoms with van der Waals surface area (Å²) in [6.07, 6.45) is 1.44. The van der Waals surface area contributed by atoms with Crippen LogP contribution in [0.15, 0.2) is 11.9 Å². The summed E-state index contributed by atoms with van der Waals surface area (Å²) in [6.45, 7) is 1.79. The Morgan fingerprint density at radius 2 is 2.33 bits per heavy atom. The molecule has 0 spiro atoms. The highest BCUT2D eigenvalue weighted by atomic mass is 19.1. The van der Waals surface area contributed by atoms with Crippen molar-refractivity contribution in [3.05, 3.63) is 11.9 Å². The zero-order chi connectivity index (χ0) is 7.28. The first-order valence-corrected chi connectivity index (χ1v) is 2.75. The van der Waals surface area contributed by atoms with Crippen LogP contribution in [0.1, 0.15) is 19.8 Å². The topological polar surface area (TPSA) is 37.3 Å². The highest BCUT2D eigenvalue weighted by molar-refractivity contribution is 5.80. The number of carboxylic acid groups (broad SMARTS) is 1. The lowest BCUT2D eigenvalue weighted by atomic mass is 10.3. The molecule has 9 heavy (non-hydrogen) atoms. The largest absolute Gasteiger partial charge is 0.478 e. The van der Waals surface area contributed by atoms with E-state index in [-0.39, 0.29) is 6.42 Å². The van der Waals surface area contributed by atoms with E-state index in [1.54, 1.807) is 6.92 Å². The maximum atomic E-state index is 12.1. The van der Waals surface area contributed by atoms with Crippen LogP contribution in [0.5, 0.6) is 0 Å². The maximum absolute atomic E-state index is 12.1. The van der Waals surface area contributed by atoms with Gasteiger partial charge in [0.05, 0.1) is 6.08 Å². The van der Waals surface area contributed by atoms with Gasteiger partial charge in [0.1, 0.15) is 5.83 Å². The van der Waals surface area contributed by atoms with Crippen molar-refractivity contribution in [2.24, 2.45) is 0 Å². The molecule has 0 bridgehead atoms. The van der Waals surface area contributed by atoms with Crippen LogP contribution in [0.25, 0.3) is 0 Å². The van der Waals surface area contributed by atoms with E-state index in [0.29, 0.717) is 12.5 Å². The summed E-state index contributed by atoms with van der Waals surface area (Å²) in [4.78, 5) is 9.77. The molecule has 0 aliphatic rings. The maximum Gasteiger partial charge on any atom is 0.330 e. The van der Waals surface area contributed by atoms with Crippen LogP contribution in [0.2, 0.25) is 0 Å². The van der Waals surface area contributed by atoms with Gasteiger partial charge in [-0.3, -0.25) is 0 Å². The lowest BCUT2D eigenvalue weighted by Gasteiger charge is -1.87. The van der Waals surface area contributed by atoms with Crippen molar-refractivity contribution in [1.82, 2.24) is 0 Å². The molecule has 0 unspecified atom stereocenters. The second kappa shape index (κ2) is 4.06. The quantitative estimate of drug-likeness (QED) is 0.593. The Bertz CT molecular complexity index is 129. The molecule has 0 aromatic heterocycles. The number of carboxylic acids is 1. The average Bonchev–Trinajstić information content (AvgIpc) is 1.63. The Hall–Kier alpha value is -0.860. The zero-order valence-corrected chi connectivity index (χ0v) is 5.22. The smallest absolute Gasteiger partial charge is 0.330 e. The van der Waals surface area contributed by atoms with E-state index in [4.69, 9.17) is 5.11 Å². The lowest BCUT2D eigenvalue weighted by Crippen LogP contribution is -1.88. The summed E-state index contributed by atoms with van der Waals surface area (Å²) >= 11 is 0. The van der Waals surface area contributed by atoms with Crippen molar-refractivity contribution in [3.63, 3.8) is 0 Å². The molecule has 0 aliphatic carbocycles. The average molecular weight is 132 g/mol. The summed E-state index contributed by atoms with van der Waals surface area (Å²) in [5, 5.41) is 7.99. The van der Waals surface area contributed by atoms with Gasteiger partial charge in [0, 0.05) is 0 Å². The third-order valence-corrected chi connectivity index (χ3v) is 0.769. The molecule has 0 heterocycles. The van der Waals surface area contributed by atoms with Crippen LogP contribution in [-0.2, 0) is 4.79 Å². The minimum Gasteiger partial charge on any atom is -0.478 e. The van der Waals surface area contributed by atoms with Gasteiger partial charge in [0.25, 0.3) is 0 Å². The minimum atomic E-state index is -1.22. The predicted molar refractivity (Wildman–Crippen MR) is 31.7 cm³/mol. The van der Waals surface area contributed by atoms with Gasteiger partial charge in [-0.2, -0.15) is 0 Å². The van der Waals surface area contributed by atoms with Crippen molar-refractivity contribution in [2.75, 3.05) is 0 Å². The number of allylic oxidation sites excluding steroid dienone is 1. The van der Waals surface area contributed by atoms with E-state index >= 15 is 0 Å². The number of carbonyl (C=O) groups is 1. The second-order valence-corrected chi connectivity index (χ2v) is 1.68. The first kappa shape index (κ1) is 8.14. The number of aliphatic carboxylic acids is 1. The third-order valence-electron chi connectivity index (χ3n) is 0.769. The van der Waals surface area contributed by atoms with Gasteiger partial charge in [-0.1, -0.05) is 6.92 Å². The lowest BCUT2D eigenvalue weighted by molar-refractivity contribution is -0.131. The molecule has 0 saturated heterocycles. The SMILES string of the molecule is CCC/C(F)=C/C(=O)O. The zero-order valence-electron chi connectivity index (χ0n) is 5.22. The molecular weight excluding hydrogens is 123 g/mol. The standard InChI is InChI=1S/C6H9FO2/c1-2-3-5(7)4-6(8)9/h4H,2-3H2,1H3,(H,8,9)/b5-4-. The number of hydrogen-bond acceptors (Lipinski definition) is 1. The molecule has 1 N–H and O–H groups in total. The van der Waals surface area contributed by atoms with Gasteiger partial charge >= 0.3 is 5.97 Å². The highest BCUT2D eigenvalue weighted by Gasteiger charge is 1.95.